The first-order valence-electron chi connectivity index (χ1n) is 4.98. The zero-order valence-electron chi connectivity index (χ0n) is 9.61. The summed E-state index contributed by atoms with van der Waals surface area (Å²) in [7, 11) is 5.83. The molecule has 2 aromatic rings. The molecule has 0 amide bonds. The molecular weight excluding hydrogens is 206 g/mol. The van der Waals surface area contributed by atoms with E-state index < -0.39 is 0 Å². The highest BCUT2D eigenvalue weighted by Gasteiger charge is 2.11. The first-order valence-corrected chi connectivity index (χ1v) is 4.98. The third-order valence-electron chi connectivity index (χ3n) is 2.49. The zero-order chi connectivity index (χ0) is 11.9. The molecule has 3 N–H and O–H groups in total. The molecule has 0 aliphatic heterocycles. The van der Waals surface area contributed by atoms with Crippen molar-refractivity contribution in [3.63, 3.8) is 0 Å². The molecule has 86 valence electrons. The third kappa shape index (κ3) is 1.67. The van der Waals surface area contributed by atoms with Crippen LogP contribution in [-0.4, -0.2) is 33.5 Å². The van der Waals surface area contributed by atoms with Gasteiger partial charge in [-0.2, -0.15) is 4.98 Å². The number of H-pyrrole nitrogens is 1. The maximum absolute atomic E-state index is 11.6. The molecule has 2 heterocycles. The number of nitrogens with zero attached hydrogens (tertiary/aromatic N) is 3. The number of nitrogens with two attached hydrogens (primary N) is 1. The van der Waals surface area contributed by atoms with E-state index in [2.05, 4.69) is 9.97 Å². The third-order valence-corrected chi connectivity index (χ3v) is 2.49. The van der Waals surface area contributed by atoms with Gasteiger partial charge >= 0.3 is 0 Å². The van der Waals surface area contributed by atoms with E-state index in [1.807, 2.05) is 36.7 Å². The van der Waals surface area contributed by atoms with Crippen LogP contribution in [0.2, 0.25) is 0 Å². The molecule has 0 saturated carbocycles. The van der Waals surface area contributed by atoms with Gasteiger partial charge in [0, 0.05) is 19.3 Å². The van der Waals surface area contributed by atoms with Crippen molar-refractivity contribution < 1.29 is 0 Å². The molecule has 0 aliphatic rings. The van der Waals surface area contributed by atoms with Gasteiger partial charge in [0.25, 0.3) is 5.56 Å². The molecule has 16 heavy (non-hydrogen) atoms. The van der Waals surface area contributed by atoms with Crippen LogP contribution in [0, 0.1) is 0 Å². The molecule has 2 rings (SSSR count). The Bertz CT molecular complexity index is 581. The fourth-order valence-electron chi connectivity index (χ4n) is 1.75. The Hall–Kier alpha value is -1.82. The quantitative estimate of drug-likeness (QED) is 0.742. The van der Waals surface area contributed by atoms with Crippen molar-refractivity contribution in [3.05, 3.63) is 22.1 Å². The summed E-state index contributed by atoms with van der Waals surface area (Å²) in [5.41, 5.74) is 6.98. The number of hydrogen-bond acceptors (Lipinski definition) is 4. The number of fused-ring (bicyclic) bond motifs is 1. The molecule has 0 atom stereocenters. The summed E-state index contributed by atoms with van der Waals surface area (Å²) in [4.78, 5) is 20.3. The average molecular weight is 221 g/mol. The van der Waals surface area contributed by atoms with Gasteiger partial charge in [-0.15, -0.1) is 0 Å². The number of nitrogen functional groups attached to an aromatic ring is 1. The number of nitrogens with one attached hydrogen (secondary N) is 1. The SMILES string of the molecule is CN(C)Cc1cc2c(=O)[nH]c(N)nc2n1C. The first-order chi connectivity index (χ1) is 7.49. The van der Waals surface area contributed by atoms with E-state index in [1.54, 1.807) is 0 Å². The lowest BCUT2D eigenvalue weighted by molar-refractivity contribution is 0.392. The Morgan fingerprint density at radius 2 is 2.25 bits per heavy atom. The van der Waals surface area contributed by atoms with Crippen molar-refractivity contribution in [2.75, 3.05) is 19.8 Å². The molecule has 0 aromatic carbocycles. The first kappa shape index (κ1) is 10.7. The minimum absolute atomic E-state index is 0.148. The number of rotatable bonds is 2. The Morgan fingerprint density at radius 1 is 1.56 bits per heavy atom. The van der Waals surface area contributed by atoms with Gasteiger partial charge in [0.15, 0.2) is 0 Å². The molecule has 0 fully saturated rings. The number of hydrogen-bond donors (Lipinski definition) is 2. The van der Waals surface area contributed by atoms with Gasteiger partial charge in [0.1, 0.15) is 5.65 Å². The molecule has 0 aliphatic carbocycles. The van der Waals surface area contributed by atoms with Gasteiger partial charge in [-0.1, -0.05) is 0 Å². The molecular formula is C10H15N5O. The smallest absolute Gasteiger partial charge is 0.261 e. The molecule has 2 aromatic heterocycles. The van der Waals surface area contributed by atoms with E-state index in [4.69, 9.17) is 5.73 Å². The van der Waals surface area contributed by atoms with Gasteiger partial charge in [-0.3, -0.25) is 9.78 Å². The van der Waals surface area contributed by atoms with Crippen molar-refractivity contribution in [2.24, 2.45) is 7.05 Å². The summed E-state index contributed by atoms with van der Waals surface area (Å²) in [6.45, 7) is 0.756. The Kier molecular flexibility index (Phi) is 2.43. The molecule has 0 spiro atoms. The van der Waals surface area contributed by atoms with E-state index in [-0.39, 0.29) is 11.5 Å². The van der Waals surface area contributed by atoms with Crippen molar-refractivity contribution >= 4 is 17.0 Å². The zero-order valence-corrected chi connectivity index (χ0v) is 9.61. The predicted molar refractivity (Wildman–Crippen MR) is 63.1 cm³/mol. The van der Waals surface area contributed by atoms with E-state index in [0.29, 0.717) is 11.0 Å². The largest absolute Gasteiger partial charge is 0.369 e. The van der Waals surface area contributed by atoms with Gasteiger partial charge in [0.05, 0.1) is 5.39 Å². The van der Waals surface area contributed by atoms with E-state index in [9.17, 15) is 4.79 Å². The standard InChI is InChI=1S/C10H15N5O/c1-14(2)5-6-4-7-8(15(6)3)12-10(11)13-9(7)16/h4H,5H2,1-3H3,(H3,11,12,13,16). The Balaban J connectivity index is 2.68. The maximum atomic E-state index is 11.6. The Labute approximate surface area is 92.7 Å². The van der Waals surface area contributed by atoms with Crippen LogP contribution in [0.1, 0.15) is 5.69 Å². The van der Waals surface area contributed by atoms with Gasteiger partial charge in [-0.05, 0) is 20.2 Å². The molecule has 0 bridgehead atoms. The van der Waals surface area contributed by atoms with Crippen LogP contribution >= 0.6 is 0 Å². The highest BCUT2D eigenvalue weighted by Crippen LogP contribution is 2.14. The minimum Gasteiger partial charge on any atom is -0.369 e. The molecule has 0 radical (unpaired) electrons. The summed E-state index contributed by atoms with van der Waals surface area (Å²) >= 11 is 0. The maximum Gasteiger partial charge on any atom is 0.261 e. The second-order valence-corrected chi connectivity index (χ2v) is 4.12. The Morgan fingerprint density at radius 3 is 2.88 bits per heavy atom. The van der Waals surface area contributed by atoms with Crippen molar-refractivity contribution in [2.45, 2.75) is 6.54 Å². The van der Waals surface area contributed by atoms with Gasteiger partial charge in [0.2, 0.25) is 5.95 Å². The summed E-state index contributed by atoms with van der Waals surface area (Å²) in [6.07, 6.45) is 0. The van der Waals surface area contributed by atoms with E-state index in [1.165, 1.54) is 0 Å². The summed E-state index contributed by atoms with van der Waals surface area (Å²) in [6, 6.07) is 1.85. The summed E-state index contributed by atoms with van der Waals surface area (Å²) in [5.74, 6) is 0.148. The molecule has 6 nitrogen and oxygen atoms in total. The van der Waals surface area contributed by atoms with Crippen LogP contribution in [0.15, 0.2) is 10.9 Å². The minimum atomic E-state index is -0.192. The number of anilines is 1. The van der Waals surface area contributed by atoms with Crippen LogP contribution in [0.4, 0.5) is 5.95 Å². The normalized spacial score (nSPS) is 11.5. The lowest BCUT2D eigenvalue weighted by Gasteiger charge is -2.09. The average Bonchev–Trinajstić information content (AvgIpc) is 2.45. The lowest BCUT2D eigenvalue weighted by atomic mass is 10.3. The van der Waals surface area contributed by atoms with Crippen LogP contribution in [-0.2, 0) is 13.6 Å². The second kappa shape index (κ2) is 3.64. The molecule has 0 saturated heterocycles. The number of aryl methyl sites for hydroxylation is 1. The fourth-order valence-corrected chi connectivity index (χ4v) is 1.75. The van der Waals surface area contributed by atoms with Crippen LogP contribution in [0.5, 0.6) is 0 Å². The van der Waals surface area contributed by atoms with E-state index >= 15 is 0 Å². The lowest BCUT2D eigenvalue weighted by Crippen LogP contribution is -2.13. The molecule has 6 heteroatoms. The predicted octanol–water partition coefficient (Wildman–Crippen LogP) is -0.0946. The van der Waals surface area contributed by atoms with Crippen molar-refractivity contribution in [1.82, 2.24) is 19.4 Å². The van der Waals surface area contributed by atoms with Crippen LogP contribution in [0.25, 0.3) is 11.0 Å². The topological polar surface area (TPSA) is 79.9 Å². The van der Waals surface area contributed by atoms with Crippen LogP contribution in [0.3, 0.4) is 0 Å². The van der Waals surface area contributed by atoms with Crippen molar-refractivity contribution in [3.8, 4) is 0 Å². The van der Waals surface area contributed by atoms with E-state index in [0.717, 1.165) is 12.2 Å². The number of aromatic nitrogens is 3. The molecule has 0 unspecified atom stereocenters. The highest BCUT2D eigenvalue weighted by molar-refractivity contribution is 5.77. The van der Waals surface area contributed by atoms with Gasteiger partial charge < -0.3 is 15.2 Å². The second-order valence-electron chi connectivity index (χ2n) is 4.12. The monoisotopic (exact) mass is 221 g/mol. The highest BCUT2D eigenvalue weighted by atomic mass is 16.1. The summed E-state index contributed by atoms with van der Waals surface area (Å²) in [5, 5.41) is 0.577. The van der Waals surface area contributed by atoms with Crippen LogP contribution < -0.4 is 11.3 Å². The number of aromatic amines is 1. The van der Waals surface area contributed by atoms with Gasteiger partial charge in [-0.25, -0.2) is 0 Å². The fraction of sp³-hybridized carbons (Fsp3) is 0.400. The van der Waals surface area contributed by atoms with Crippen molar-refractivity contribution in [1.29, 1.82) is 0 Å². The summed E-state index contributed by atoms with van der Waals surface area (Å²) < 4.78 is 1.89.